The number of thiocarbonyl (C=S) groups is 2. The molecule has 0 amide bonds. The van der Waals surface area contributed by atoms with Crippen molar-refractivity contribution in [3.8, 4) is 0 Å². The van der Waals surface area contributed by atoms with Crippen molar-refractivity contribution < 1.29 is 0 Å². The molecule has 3 heteroatoms. The van der Waals surface area contributed by atoms with Crippen LogP contribution in [0.25, 0.3) is 0 Å². The van der Waals surface area contributed by atoms with Crippen LogP contribution < -0.4 is 5.32 Å². The summed E-state index contributed by atoms with van der Waals surface area (Å²) in [4.78, 5) is 1.88. The fourth-order valence-corrected chi connectivity index (χ4v) is 1.55. The Morgan fingerprint density at radius 1 is 1.20 bits per heavy atom. The van der Waals surface area contributed by atoms with E-state index in [9.17, 15) is 0 Å². The Balaban J connectivity index is 2.64. The monoisotopic (exact) mass is 237 g/mol. The highest BCUT2D eigenvalue weighted by Gasteiger charge is 1.98. The summed E-state index contributed by atoms with van der Waals surface area (Å²) in [6, 6.07) is 8.23. The summed E-state index contributed by atoms with van der Waals surface area (Å²) < 4.78 is 0. The molecule has 0 spiro atoms. The van der Waals surface area contributed by atoms with Gasteiger partial charge in [-0.25, -0.2) is 0 Å². The van der Waals surface area contributed by atoms with Crippen molar-refractivity contribution in [2.75, 3.05) is 5.32 Å². The molecule has 0 unspecified atom stereocenters. The molecule has 0 fully saturated rings. The van der Waals surface area contributed by atoms with Crippen LogP contribution in [0.15, 0.2) is 24.3 Å². The van der Waals surface area contributed by atoms with Crippen LogP contribution in [0.2, 0.25) is 0 Å². The number of anilines is 1. The second-order valence-electron chi connectivity index (χ2n) is 3.45. The van der Waals surface area contributed by atoms with Crippen molar-refractivity contribution in [3.63, 3.8) is 0 Å². The Kier molecular flexibility index (Phi) is 4.85. The molecule has 0 aliphatic heterocycles. The molecule has 1 aromatic carbocycles. The number of nitrogens with one attached hydrogen (secondary N) is 1. The molecule has 80 valence electrons. The largest absolute Gasteiger partial charge is 0.350 e. The Bertz CT molecular complexity index is 354. The summed E-state index contributed by atoms with van der Waals surface area (Å²) in [5, 5.41) is 3.10. The molecule has 0 bridgehead atoms. The van der Waals surface area contributed by atoms with Crippen LogP contribution in [-0.4, -0.2) is 9.85 Å². The zero-order chi connectivity index (χ0) is 11.3. The van der Waals surface area contributed by atoms with Crippen molar-refractivity contribution in [2.45, 2.75) is 26.7 Å². The van der Waals surface area contributed by atoms with Gasteiger partial charge in [-0.2, -0.15) is 0 Å². The van der Waals surface area contributed by atoms with E-state index in [4.69, 9.17) is 24.4 Å². The average Bonchev–Trinajstić information content (AvgIpc) is 2.20. The minimum Gasteiger partial charge on any atom is -0.350 e. The van der Waals surface area contributed by atoms with Crippen molar-refractivity contribution >= 4 is 40.0 Å². The summed E-state index contributed by atoms with van der Waals surface area (Å²) in [6.07, 6.45) is 1.86. The molecule has 0 saturated heterocycles. The minimum atomic E-state index is 0.784. The quantitative estimate of drug-likeness (QED) is 0.801. The van der Waals surface area contributed by atoms with Gasteiger partial charge in [-0.3, -0.25) is 0 Å². The van der Waals surface area contributed by atoms with Gasteiger partial charge in [-0.15, -0.1) is 0 Å². The highest BCUT2D eigenvalue weighted by Crippen LogP contribution is 2.11. The lowest BCUT2D eigenvalue weighted by Crippen LogP contribution is -2.03. The molecular formula is C12H15NS2. The van der Waals surface area contributed by atoms with Crippen LogP contribution in [0, 0.1) is 0 Å². The van der Waals surface area contributed by atoms with Gasteiger partial charge < -0.3 is 5.32 Å². The van der Waals surface area contributed by atoms with E-state index in [1.807, 2.05) is 19.1 Å². The fraction of sp³-hybridized carbons (Fsp3) is 0.333. The van der Waals surface area contributed by atoms with Crippen LogP contribution in [0.4, 0.5) is 5.69 Å². The zero-order valence-corrected chi connectivity index (χ0v) is 10.7. The normalized spacial score (nSPS) is 9.73. The van der Waals surface area contributed by atoms with E-state index in [1.54, 1.807) is 0 Å². The van der Waals surface area contributed by atoms with Crippen molar-refractivity contribution in [2.24, 2.45) is 0 Å². The molecule has 1 nitrogen and oxygen atoms in total. The highest BCUT2D eigenvalue weighted by molar-refractivity contribution is 7.80. The van der Waals surface area contributed by atoms with Gasteiger partial charge in [0.25, 0.3) is 0 Å². The summed E-state index contributed by atoms with van der Waals surface area (Å²) in [5.41, 5.74) is 2.29. The van der Waals surface area contributed by atoms with E-state index >= 15 is 0 Å². The first-order valence-electron chi connectivity index (χ1n) is 5.00. The second-order valence-corrected chi connectivity index (χ2v) is 4.64. The van der Waals surface area contributed by atoms with Crippen LogP contribution in [0.5, 0.6) is 0 Å². The molecule has 1 rings (SSSR count). The number of hydrogen-bond donors (Lipinski definition) is 1. The van der Waals surface area contributed by atoms with Gasteiger partial charge in [0.1, 0.15) is 0 Å². The Morgan fingerprint density at radius 2 is 1.80 bits per heavy atom. The predicted octanol–water partition coefficient (Wildman–Crippen LogP) is 3.77. The van der Waals surface area contributed by atoms with Gasteiger partial charge in [0.15, 0.2) is 0 Å². The minimum absolute atomic E-state index is 0.784. The maximum absolute atomic E-state index is 5.20. The first-order valence-corrected chi connectivity index (χ1v) is 5.81. The standard InChI is InChI=1S/C12H15NS2/c1-3-12(15)8-10-4-6-11(7-5-10)13-9(2)14/h4-7H,3,8H2,1-2H3,(H,13,14). The molecular weight excluding hydrogens is 222 g/mol. The first-order chi connectivity index (χ1) is 7.11. The zero-order valence-electron chi connectivity index (χ0n) is 9.04. The van der Waals surface area contributed by atoms with E-state index in [2.05, 4.69) is 24.4 Å². The van der Waals surface area contributed by atoms with E-state index in [1.165, 1.54) is 5.56 Å². The van der Waals surface area contributed by atoms with Gasteiger partial charge in [-0.05, 0) is 35.9 Å². The molecule has 0 aliphatic carbocycles. The fourth-order valence-electron chi connectivity index (χ4n) is 1.26. The average molecular weight is 237 g/mol. The van der Waals surface area contributed by atoms with Gasteiger partial charge in [0.2, 0.25) is 0 Å². The van der Waals surface area contributed by atoms with E-state index in [-0.39, 0.29) is 0 Å². The van der Waals surface area contributed by atoms with Crippen molar-refractivity contribution in [3.05, 3.63) is 29.8 Å². The molecule has 1 N–H and O–H groups in total. The second kappa shape index (κ2) is 5.93. The molecule has 0 radical (unpaired) electrons. The molecule has 15 heavy (non-hydrogen) atoms. The maximum atomic E-state index is 5.20. The Hall–Kier alpha value is -0.800. The number of rotatable bonds is 4. The van der Waals surface area contributed by atoms with Crippen LogP contribution in [-0.2, 0) is 6.42 Å². The predicted molar refractivity (Wildman–Crippen MR) is 74.9 cm³/mol. The first kappa shape index (κ1) is 12.3. The third-order valence-corrected chi connectivity index (χ3v) is 2.61. The van der Waals surface area contributed by atoms with Gasteiger partial charge in [0, 0.05) is 12.1 Å². The molecule has 0 heterocycles. The lowest BCUT2D eigenvalue weighted by atomic mass is 10.1. The van der Waals surface area contributed by atoms with Crippen LogP contribution >= 0.6 is 24.4 Å². The molecule has 0 aromatic heterocycles. The lowest BCUT2D eigenvalue weighted by molar-refractivity contribution is 1.23. The van der Waals surface area contributed by atoms with Crippen molar-refractivity contribution in [1.82, 2.24) is 0 Å². The maximum Gasteiger partial charge on any atom is 0.0765 e. The van der Waals surface area contributed by atoms with E-state index in [0.717, 1.165) is 28.4 Å². The number of benzene rings is 1. The van der Waals surface area contributed by atoms with E-state index in [0.29, 0.717) is 0 Å². The summed E-state index contributed by atoms with van der Waals surface area (Å²) >= 11 is 10.2. The smallest absolute Gasteiger partial charge is 0.0765 e. The third kappa shape index (κ3) is 4.49. The molecule has 0 atom stereocenters. The van der Waals surface area contributed by atoms with Gasteiger partial charge in [0.05, 0.1) is 4.99 Å². The summed E-state index contributed by atoms with van der Waals surface area (Å²) in [6.45, 7) is 3.96. The summed E-state index contributed by atoms with van der Waals surface area (Å²) in [7, 11) is 0. The Morgan fingerprint density at radius 3 is 2.27 bits per heavy atom. The van der Waals surface area contributed by atoms with Crippen LogP contribution in [0.3, 0.4) is 0 Å². The highest BCUT2D eigenvalue weighted by atomic mass is 32.1. The third-order valence-electron chi connectivity index (χ3n) is 2.07. The Labute approximate surface area is 102 Å². The van der Waals surface area contributed by atoms with Gasteiger partial charge in [-0.1, -0.05) is 43.5 Å². The topological polar surface area (TPSA) is 12.0 Å². The van der Waals surface area contributed by atoms with Gasteiger partial charge >= 0.3 is 0 Å². The van der Waals surface area contributed by atoms with E-state index < -0.39 is 0 Å². The molecule has 1 aromatic rings. The van der Waals surface area contributed by atoms with Crippen molar-refractivity contribution in [1.29, 1.82) is 0 Å². The lowest BCUT2D eigenvalue weighted by Gasteiger charge is -2.05. The molecule has 0 aliphatic rings. The number of hydrogen-bond acceptors (Lipinski definition) is 2. The summed E-state index contributed by atoms with van der Waals surface area (Å²) in [5.74, 6) is 0. The molecule has 0 saturated carbocycles. The SMILES string of the molecule is CCC(=S)Cc1ccc(NC(C)=S)cc1. The van der Waals surface area contributed by atoms with Crippen LogP contribution in [0.1, 0.15) is 25.8 Å².